The fraction of sp³-hybridized carbons (Fsp3) is 0.333. The molecule has 0 spiro atoms. The van der Waals surface area contributed by atoms with Crippen LogP contribution in [0.4, 0.5) is 4.39 Å². The van der Waals surface area contributed by atoms with Crippen LogP contribution in [0.3, 0.4) is 0 Å². The van der Waals surface area contributed by atoms with E-state index in [1.54, 1.807) is 6.07 Å². The zero-order chi connectivity index (χ0) is 12.0. The van der Waals surface area contributed by atoms with E-state index in [-0.39, 0.29) is 5.82 Å². The van der Waals surface area contributed by atoms with Crippen LogP contribution < -0.4 is 0 Å². The summed E-state index contributed by atoms with van der Waals surface area (Å²) in [6.45, 7) is 2.27. The van der Waals surface area contributed by atoms with Crippen molar-refractivity contribution in [2.24, 2.45) is 11.8 Å². The molecule has 0 nitrogen and oxygen atoms in total. The van der Waals surface area contributed by atoms with Crippen molar-refractivity contribution in [3.8, 4) is 0 Å². The quantitative estimate of drug-likeness (QED) is 0.678. The molecule has 0 amide bonds. The van der Waals surface area contributed by atoms with Crippen LogP contribution in [-0.4, -0.2) is 0 Å². The minimum absolute atomic E-state index is 0.132. The predicted molar refractivity (Wildman–Crippen MR) is 72.8 cm³/mol. The van der Waals surface area contributed by atoms with Gasteiger partial charge in [-0.1, -0.05) is 53.2 Å². The van der Waals surface area contributed by atoms with Crippen molar-refractivity contribution in [2.75, 3.05) is 0 Å². The van der Waals surface area contributed by atoms with Gasteiger partial charge in [-0.3, -0.25) is 0 Å². The molecule has 1 fully saturated rings. The number of hydrogen-bond donors (Lipinski definition) is 0. The lowest BCUT2D eigenvalue weighted by Crippen LogP contribution is -1.96. The van der Waals surface area contributed by atoms with Gasteiger partial charge in [0.2, 0.25) is 0 Å². The second kappa shape index (κ2) is 4.09. The molecule has 3 unspecified atom stereocenters. The van der Waals surface area contributed by atoms with Crippen molar-refractivity contribution in [1.82, 2.24) is 0 Å². The topological polar surface area (TPSA) is 0 Å². The molecule has 1 saturated carbocycles. The van der Waals surface area contributed by atoms with Crippen molar-refractivity contribution in [1.29, 1.82) is 0 Å². The molecule has 88 valence electrons. The highest BCUT2D eigenvalue weighted by Gasteiger charge is 2.39. The molecular formula is C15H14BrF. The van der Waals surface area contributed by atoms with Crippen LogP contribution in [-0.2, 0) is 0 Å². The molecule has 0 aliphatic heterocycles. The lowest BCUT2D eigenvalue weighted by Gasteiger charge is -2.13. The predicted octanol–water partition coefficient (Wildman–Crippen LogP) is 5.07. The SMILES string of the molecule is CC1CC1C(Br)c1ccc(F)c2ccccc12. The van der Waals surface area contributed by atoms with Crippen molar-refractivity contribution < 1.29 is 4.39 Å². The van der Waals surface area contributed by atoms with Gasteiger partial charge in [0, 0.05) is 10.2 Å². The molecule has 2 heteroatoms. The third-order valence-electron chi connectivity index (χ3n) is 3.75. The number of alkyl halides is 1. The van der Waals surface area contributed by atoms with E-state index in [4.69, 9.17) is 0 Å². The standard InChI is InChI=1S/C15H14BrF/c1-9-8-13(9)15(16)12-6-7-14(17)11-5-3-2-4-10(11)12/h2-7,9,13,15H,8H2,1H3. The average Bonchev–Trinajstić information content (AvgIpc) is 3.07. The molecule has 0 N–H and O–H groups in total. The molecule has 2 aromatic rings. The molecule has 1 aliphatic rings. The smallest absolute Gasteiger partial charge is 0.131 e. The van der Waals surface area contributed by atoms with Crippen molar-refractivity contribution in [3.05, 3.63) is 47.8 Å². The monoisotopic (exact) mass is 292 g/mol. The first-order valence-corrected chi connectivity index (χ1v) is 6.91. The first-order valence-electron chi connectivity index (χ1n) is 5.99. The van der Waals surface area contributed by atoms with Gasteiger partial charge >= 0.3 is 0 Å². The maximum atomic E-state index is 13.7. The molecule has 3 atom stereocenters. The van der Waals surface area contributed by atoms with Gasteiger partial charge in [-0.15, -0.1) is 0 Å². The van der Waals surface area contributed by atoms with E-state index >= 15 is 0 Å². The van der Waals surface area contributed by atoms with Crippen molar-refractivity contribution >= 4 is 26.7 Å². The fourth-order valence-electron chi connectivity index (χ4n) is 2.52. The summed E-state index contributed by atoms with van der Waals surface area (Å²) in [4.78, 5) is 0.350. The Morgan fingerprint density at radius 2 is 1.82 bits per heavy atom. The molecular weight excluding hydrogens is 279 g/mol. The van der Waals surface area contributed by atoms with E-state index in [1.165, 1.54) is 12.0 Å². The Kier molecular flexibility index (Phi) is 2.70. The summed E-state index contributed by atoms with van der Waals surface area (Å²) in [5, 5.41) is 1.76. The molecule has 0 radical (unpaired) electrons. The summed E-state index contributed by atoms with van der Waals surface area (Å²) < 4.78 is 13.7. The van der Waals surface area contributed by atoms with Crippen LogP contribution in [0.2, 0.25) is 0 Å². The fourth-order valence-corrected chi connectivity index (χ4v) is 3.65. The molecule has 0 saturated heterocycles. The van der Waals surface area contributed by atoms with Crippen LogP contribution in [0.5, 0.6) is 0 Å². The van der Waals surface area contributed by atoms with Gasteiger partial charge in [-0.25, -0.2) is 4.39 Å². The van der Waals surface area contributed by atoms with Crippen LogP contribution in [0, 0.1) is 17.7 Å². The number of rotatable bonds is 2. The highest BCUT2D eigenvalue weighted by molar-refractivity contribution is 9.09. The Bertz CT molecular complexity index is 564. The number of fused-ring (bicyclic) bond motifs is 1. The summed E-state index contributed by atoms with van der Waals surface area (Å²) in [5.74, 6) is 1.35. The van der Waals surface area contributed by atoms with Crippen LogP contribution in [0.1, 0.15) is 23.7 Å². The van der Waals surface area contributed by atoms with Gasteiger partial charge in [0.15, 0.2) is 0 Å². The van der Waals surface area contributed by atoms with Crippen molar-refractivity contribution in [3.63, 3.8) is 0 Å². The molecule has 17 heavy (non-hydrogen) atoms. The highest BCUT2D eigenvalue weighted by atomic mass is 79.9. The molecule has 3 rings (SSSR count). The minimum atomic E-state index is -0.132. The lowest BCUT2D eigenvalue weighted by atomic mass is 9.99. The van der Waals surface area contributed by atoms with Gasteiger partial charge in [-0.2, -0.15) is 0 Å². The Labute approximate surface area is 109 Å². The molecule has 0 bridgehead atoms. The molecule has 2 aromatic carbocycles. The molecule has 0 heterocycles. The highest BCUT2D eigenvalue weighted by Crippen LogP contribution is 2.52. The Hall–Kier alpha value is -0.890. The third kappa shape index (κ3) is 1.89. The Balaban J connectivity index is 2.13. The second-order valence-electron chi connectivity index (χ2n) is 4.96. The number of benzene rings is 2. The second-order valence-corrected chi connectivity index (χ2v) is 5.95. The van der Waals surface area contributed by atoms with Crippen molar-refractivity contribution in [2.45, 2.75) is 18.2 Å². The number of hydrogen-bond acceptors (Lipinski definition) is 0. The normalized spacial score (nSPS) is 24.9. The summed E-state index contributed by atoms with van der Waals surface area (Å²) in [5.41, 5.74) is 1.22. The third-order valence-corrected chi connectivity index (χ3v) is 4.92. The van der Waals surface area contributed by atoms with E-state index < -0.39 is 0 Å². The maximum Gasteiger partial charge on any atom is 0.131 e. The first-order chi connectivity index (χ1) is 8.18. The van der Waals surface area contributed by atoms with E-state index in [9.17, 15) is 4.39 Å². The van der Waals surface area contributed by atoms with Crippen LogP contribution >= 0.6 is 15.9 Å². The van der Waals surface area contributed by atoms with Crippen LogP contribution in [0.25, 0.3) is 10.8 Å². The van der Waals surface area contributed by atoms with E-state index in [0.717, 1.165) is 16.7 Å². The van der Waals surface area contributed by atoms with Gasteiger partial charge in [0.05, 0.1) is 0 Å². The number of halogens is 2. The van der Waals surface area contributed by atoms with E-state index in [2.05, 4.69) is 22.9 Å². The maximum absolute atomic E-state index is 13.7. The largest absolute Gasteiger partial charge is 0.206 e. The van der Waals surface area contributed by atoms with Gasteiger partial charge in [-0.05, 0) is 35.3 Å². The molecule has 0 aromatic heterocycles. The summed E-state index contributed by atoms with van der Waals surface area (Å²) in [7, 11) is 0. The average molecular weight is 293 g/mol. The molecule has 1 aliphatic carbocycles. The zero-order valence-electron chi connectivity index (χ0n) is 9.66. The van der Waals surface area contributed by atoms with Gasteiger partial charge in [0.1, 0.15) is 5.82 Å². The first kappa shape index (κ1) is 11.2. The lowest BCUT2D eigenvalue weighted by molar-refractivity contribution is 0.638. The minimum Gasteiger partial charge on any atom is -0.206 e. The summed E-state index contributed by atoms with van der Waals surface area (Å²) in [6.07, 6.45) is 1.27. The van der Waals surface area contributed by atoms with Gasteiger partial charge < -0.3 is 0 Å². The Morgan fingerprint density at radius 3 is 2.47 bits per heavy atom. The Morgan fingerprint density at radius 1 is 1.18 bits per heavy atom. The van der Waals surface area contributed by atoms with Crippen LogP contribution in [0.15, 0.2) is 36.4 Å². The zero-order valence-corrected chi connectivity index (χ0v) is 11.2. The van der Waals surface area contributed by atoms with E-state index in [1.807, 2.05) is 30.3 Å². The van der Waals surface area contributed by atoms with Gasteiger partial charge in [0.25, 0.3) is 0 Å². The van der Waals surface area contributed by atoms with E-state index in [0.29, 0.717) is 10.7 Å². The summed E-state index contributed by atoms with van der Waals surface area (Å²) in [6, 6.07) is 11.2. The summed E-state index contributed by atoms with van der Waals surface area (Å²) >= 11 is 3.78.